The van der Waals surface area contributed by atoms with Gasteiger partial charge < -0.3 is 10.0 Å². The monoisotopic (exact) mass is 444 g/mol. The number of fused-ring (bicyclic) bond motifs is 1. The lowest BCUT2D eigenvalue weighted by molar-refractivity contribution is -0.0606. The molecule has 0 aliphatic carbocycles. The normalized spacial score (nSPS) is 23.2. The molecule has 2 aliphatic heterocycles. The average Bonchev–Trinajstić information content (AvgIpc) is 2.83. The first-order valence-electron chi connectivity index (χ1n) is 11.7. The molecule has 0 spiro atoms. The Morgan fingerprint density at radius 2 is 1.64 bits per heavy atom. The third-order valence-electron chi connectivity index (χ3n) is 7.13. The van der Waals surface area contributed by atoms with Crippen molar-refractivity contribution in [3.8, 4) is 11.1 Å². The van der Waals surface area contributed by atoms with E-state index in [1.165, 1.54) is 23.3 Å². The largest absolute Gasteiger partial charge is 0.395 e. The predicted octanol–water partition coefficient (Wildman–Crippen LogP) is 4.56. The fourth-order valence-corrected chi connectivity index (χ4v) is 5.46. The highest BCUT2D eigenvalue weighted by atomic mass is 19.1. The fourth-order valence-electron chi connectivity index (χ4n) is 5.46. The summed E-state index contributed by atoms with van der Waals surface area (Å²) >= 11 is 0. The third kappa shape index (κ3) is 4.31. The van der Waals surface area contributed by atoms with Crippen LogP contribution in [-0.4, -0.2) is 59.1 Å². The van der Waals surface area contributed by atoms with Crippen LogP contribution >= 0.6 is 0 Å². The summed E-state index contributed by atoms with van der Waals surface area (Å²) in [5.41, 5.74) is 3.92. The number of nitrogens with zero attached hydrogens (tertiary/aromatic N) is 2. The zero-order valence-corrected chi connectivity index (χ0v) is 18.6. The summed E-state index contributed by atoms with van der Waals surface area (Å²) < 4.78 is 13.7. The molecule has 1 N–H and O–H groups in total. The second-order valence-corrected chi connectivity index (χ2v) is 9.04. The minimum absolute atomic E-state index is 0.0572. The van der Waals surface area contributed by atoms with Crippen LogP contribution in [0.2, 0.25) is 0 Å². The highest BCUT2D eigenvalue weighted by Crippen LogP contribution is 2.42. The topological polar surface area (TPSA) is 43.8 Å². The molecule has 1 amide bonds. The van der Waals surface area contributed by atoms with Gasteiger partial charge in [0.1, 0.15) is 5.82 Å². The van der Waals surface area contributed by atoms with E-state index in [-0.39, 0.29) is 30.5 Å². The van der Waals surface area contributed by atoms with Crippen LogP contribution < -0.4 is 0 Å². The molecule has 3 aromatic rings. The summed E-state index contributed by atoms with van der Waals surface area (Å²) in [6.07, 6.45) is 1.87. The first kappa shape index (κ1) is 21.8. The molecule has 0 saturated carbocycles. The molecule has 0 bridgehead atoms. The number of aliphatic hydroxyl groups is 1. The maximum atomic E-state index is 13.7. The van der Waals surface area contributed by atoms with Crippen molar-refractivity contribution in [2.45, 2.75) is 30.8 Å². The van der Waals surface area contributed by atoms with Crippen LogP contribution in [0.5, 0.6) is 0 Å². The maximum Gasteiger partial charge on any atom is 0.254 e. The number of rotatable bonds is 4. The average molecular weight is 445 g/mol. The molecule has 3 atom stereocenters. The number of carbonyl (C=O) groups excluding carboxylic acids is 1. The minimum atomic E-state index is -0.394. The van der Waals surface area contributed by atoms with Crippen LogP contribution in [0.25, 0.3) is 11.1 Å². The SMILES string of the molecule is O=C(c1cccc(F)c1)N1CCCCN2[C@@H](CO)[C@@H](c3ccc(-c4ccccc4)cc3)[C@@H]2C1. The zero-order chi connectivity index (χ0) is 22.8. The Morgan fingerprint density at radius 3 is 2.36 bits per heavy atom. The highest BCUT2D eigenvalue weighted by molar-refractivity contribution is 5.94. The molecule has 3 aromatic carbocycles. The predicted molar refractivity (Wildman–Crippen MR) is 128 cm³/mol. The number of amides is 1. The molecule has 2 heterocycles. The highest BCUT2D eigenvalue weighted by Gasteiger charge is 2.49. The summed E-state index contributed by atoms with van der Waals surface area (Å²) in [5, 5.41) is 10.2. The molecule has 4 nitrogen and oxygen atoms in total. The Morgan fingerprint density at radius 1 is 0.909 bits per heavy atom. The Labute approximate surface area is 194 Å². The molecule has 2 fully saturated rings. The first-order valence-corrected chi connectivity index (χ1v) is 11.7. The van der Waals surface area contributed by atoms with Crippen LogP contribution in [0.1, 0.15) is 34.7 Å². The van der Waals surface area contributed by atoms with E-state index in [1.54, 1.807) is 12.1 Å². The Balaban J connectivity index is 1.39. The van der Waals surface area contributed by atoms with E-state index in [2.05, 4.69) is 41.3 Å². The lowest BCUT2D eigenvalue weighted by Gasteiger charge is -2.57. The number of benzene rings is 3. The molecule has 2 saturated heterocycles. The van der Waals surface area contributed by atoms with Gasteiger partial charge >= 0.3 is 0 Å². The van der Waals surface area contributed by atoms with Crippen molar-refractivity contribution < 1.29 is 14.3 Å². The summed E-state index contributed by atoms with van der Waals surface area (Å²) in [6, 6.07) is 25.0. The van der Waals surface area contributed by atoms with Gasteiger partial charge in [0.2, 0.25) is 0 Å². The number of aliphatic hydroxyl groups excluding tert-OH is 1. The third-order valence-corrected chi connectivity index (χ3v) is 7.13. The van der Waals surface area contributed by atoms with Crippen LogP contribution in [0.4, 0.5) is 4.39 Å². The van der Waals surface area contributed by atoms with E-state index in [0.717, 1.165) is 24.9 Å². The van der Waals surface area contributed by atoms with Crippen LogP contribution in [0.3, 0.4) is 0 Å². The van der Waals surface area contributed by atoms with Gasteiger partial charge in [-0.2, -0.15) is 0 Å². The number of hydrogen-bond acceptors (Lipinski definition) is 3. The molecule has 0 radical (unpaired) electrons. The van der Waals surface area contributed by atoms with Crippen LogP contribution in [0, 0.1) is 5.82 Å². The number of hydrogen-bond donors (Lipinski definition) is 1. The van der Waals surface area contributed by atoms with E-state index in [1.807, 2.05) is 23.1 Å². The molecule has 0 aromatic heterocycles. The van der Waals surface area contributed by atoms with Crippen molar-refractivity contribution >= 4 is 5.91 Å². The van der Waals surface area contributed by atoms with Gasteiger partial charge in [-0.3, -0.25) is 9.69 Å². The second-order valence-electron chi connectivity index (χ2n) is 9.04. The number of carbonyl (C=O) groups is 1. The van der Waals surface area contributed by atoms with E-state index in [9.17, 15) is 14.3 Å². The van der Waals surface area contributed by atoms with E-state index >= 15 is 0 Å². The van der Waals surface area contributed by atoms with Gasteiger partial charge in [0, 0.05) is 36.7 Å². The van der Waals surface area contributed by atoms with E-state index < -0.39 is 5.82 Å². The van der Waals surface area contributed by atoms with E-state index in [0.29, 0.717) is 18.7 Å². The quantitative estimate of drug-likeness (QED) is 0.642. The smallest absolute Gasteiger partial charge is 0.254 e. The molecule has 5 rings (SSSR count). The summed E-state index contributed by atoms with van der Waals surface area (Å²) in [4.78, 5) is 17.4. The van der Waals surface area contributed by atoms with Crippen molar-refractivity contribution in [1.29, 1.82) is 0 Å². The van der Waals surface area contributed by atoms with Gasteiger partial charge in [-0.25, -0.2) is 4.39 Å². The van der Waals surface area contributed by atoms with Gasteiger partial charge in [-0.15, -0.1) is 0 Å². The van der Waals surface area contributed by atoms with Crippen molar-refractivity contribution in [1.82, 2.24) is 9.80 Å². The lowest BCUT2D eigenvalue weighted by Crippen LogP contribution is -2.67. The van der Waals surface area contributed by atoms with Gasteiger partial charge in [-0.05, 0) is 54.3 Å². The molecular weight excluding hydrogens is 415 g/mol. The maximum absolute atomic E-state index is 13.7. The minimum Gasteiger partial charge on any atom is -0.395 e. The molecule has 170 valence electrons. The Bertz CT molecular complexity index is 1100. The van der Waals surface area contributed by atoms with Gasteiger partial charge in [0.25, 0.3) is 5.91 Å². The van der Waals surface area contributed by atoms with Crippen molar-refractivity contribution in [3.63, 3.8) is 0 Å². The Kier molecular flexibility index (Phi) is 6.25. The molecule has 33 heavy (non-hydrogen) atoms. The molecule has 0 unspecified atom stereocenters. The summed E-state index contributed by atoms with van der Waals surface area (Å²) in [6.45, 7) is 2.27. The standard InChI is InChI=1S/C28H29FN2O2/c29-24-10-6-9-23(17-24)28(33)30-15-4-5-16-31-25(18-30)27(26(31)19-32)22-13-11-21(12-14-22)20-7-2-1-3-8-20/h1-3,6-14,17,25-27,32H,4-5,15-16,18-19H2/t25-,26-,27-/m0/s1. The van der Waals surface area contributed by atoms with E-state index in [4.69, 9.17) is 0 Å². The second kappa shape index (κ2) is 9.46. The zero-order valence-electron chi connectivity index (χ0n) is 18.6. The molecule has 5 heteroatoms. The Hall–Kier alpha value is -3.02. The van der Waals surface area contributed by atoms with Crippen LogP contribution in [0.15, 0.2) is 78.9 Å². The lowest BCUT2D eigenvalue weighted by atomic mass is 9.74. The van der Waals surface area contributed by atoms with Gasteiger partial charge in [-0.1, -0.05) is 60.7 Å². The van der Waals surface area contributed by atoms with Crippen molar-refractivity contribution in [2.24, 2.45) is 0 Å². The molecule has 2 aliphatic rings. The number of halogens is 1. The van der Waals surface area contributed by atoms with Gasteiger partial charge in [0.15, 0.2) is 0 Å². The van der Waals surface area contributed by atoms with Gasteiger partial charge in [0.05, 0.1) is 6.61 Å². The van der Waals surface area contributed by atoms with Crippen molar-refractivity contribution in [2.75, 3.05) is 26.2 Å². The summed E-state index contributed by atoms with van der Waals surface area (Å²) in [5.74, 6) is -0.363. The molecular formula is C28H29FN2O2. The fraction of sp³-hybridized carbons (Fsp3) is 0.321. The van der Waals surface area contributed by atoms with Crippen molar-refractivity contribution in [3.05, 3.63) is 95.8 Å². The first-order chi connectivity index (χ1) is 16.2. The van der Waals surface area contributed by atoms with Crippen LogP contribution in [-0.2, 0) is 0 Å². The summed E-state index contributed by atoms with van der Waals surface area (Å²) in [7, 11) is 0.